The molecule has 170 valence electrons. The van der Waals surface area contributed by atoms with Crippen molar-refractivity contribution in [2.45, 2.75) is 62.9 Å². The van der Waals surface area contributed by atoms with Crippen molar-refractivity contribution in [1.29, 1.82) is 0 Å². The van der Waals surface area contributed by atoms with E-state index in [9.17, 15) is 0 Å². The maximum Gasteiger partial charge on any atom is 0.191 e. The highest BCUT2D eigenvalue weighted by atomic mass is 32.2. The molecular formula is C25H32N4O2S. The topological polar surface area (TPSA) is 56.3 Å². The summed E-state index contributed by atoms with van der Waals surface area (Å²) in [6, 6.07) is 14.8. The molecule has 32 heavy (non-hydrogen) atoms. The Labute approximate surface area is 194 Å². The number of likely N-dealkylation sites (tertiary alicyclic amines) is 1. The summed E-state index contributed by atoms with van der Waals surface area (Å²) in [5, 5.41) is 10.4. The van der Waals surface area contributed by atoms with Crippen molar-refractivity contribution >= 4 is 11.8 Å². The van der Waals surface area contributed by atoms with E-state index in [4.69, 9.17) is 14.3 Å². The molecule has 2 fully saturated rings. The number of benzene rings is 1. The molecule has 2 aliphatic heterocycles. The fourth-order valence-electron chi connectivity index (χ4n) is 4.71. The van der Waals surface area contributed by atoms with Gasteiger partial charge in [-0.05, 0) is 63.4 Å². The first-order valence-corrected chi connectivity index (χ1v) is 12.7. The number of nitrogens with zero attached hydrogens (tertiary/aromatic N) is 4. The minimum atomic E-state index is 0.346. The summed E-state index contributed by atoms with van der Waals surface area (Å²) in [5.74, 6) is 4.57. The third-order valence-corrected chi connectivity index (χ3v) is 7.58. The van der Waals surface area contributed by atoms with Gasteiger partial charge in [-0.1, -0.05) is 42.1 Å². The van der Waals surface area contributed by atoms with Crippen LogP contribution in [0, 0.1) is 6.92 Å². The van der Waals surface area contributed by atoms with Crippen molar-refractivity contribution in [3.63, 3.8) is 0 Å². The summed E-state index contributed by atoms with van der Waals surface area (Å²) >= 11 is 1.79. The van der Waals surface area contributed by atoms with E-state index >= 15 is 0 Å². The predicted molar refractivity (Wildman–Crippen MR) is 126 cm³/mol. The number of ether oxygens (including phenoxy) is 1. The van der Waals surface area contributed by atoms with Crippen LogP contribution in [0.2, 0.25) is 0 Å². The van der Waals surface area contributed by atoms with Gasteiger partial charge in [0.15, 0.2) is 5.16 Å². The van der Waals surface area contributed by atoms with Crippen molar-refractivity contribution in [3.8, 4) is 0 Å². The van der Waals surface area contributed by atoms with E-state index in [0.29, 0.717) is 12.0 Å². The molecule has 0 saturated carbocycles. The second-order valence-electron chi connectivity index (χ2n) is 8.92. The number of thioether (sulfide) groups is 1. The molecule has 0 radical (unpaired) electrons. The smallest absolute Gasteiger partial charge is 0.191 e. The molecule has 2 aliphatic rings. The fraction of sp³-hybridized carbons (Fsp3) is 0.520. The van der Waals surface area contributed by atoms with E-state index < -0.39 is 0 Å². The van der Waals surface area contributed by atoms with Gasteiger partial charge in [0.25, 0.3) is 0 Å². The summed E-state index contributed by atoms with van der Waals surface area (Å²) in [7, 11) is 0. The molecule has 1 atom stereocenters. The maximum absolute atomic E-state index is 5.83. The Hall–Kier alpha value is -2.09. The van der Waals surface area contributed by atoms with Gasteiger partial charge >= 0.3 is 0 Å². The van der Waals surface area contributed by atoms with Gasteiger partial charge in [-0.3, -0.25) is 4.90 Å². The molecule has 5 rings (SSSR count). The Balaban J connectivity index is 1.28. The molecule has 2 aromatic heterocycles. The van der Waals surface area contributed by atoms with Crippen LogP contribution in [0.4, 0.5) is 0 Å². The van der Waals surface area contributed by atoms with Gasteiger partial charge in [0.2, 0.25) is 0 Å². The van der Waals surface area contributed by atoms with E-state index in [1.165, 1.54) is 12.0 Å². The van der Waals surface area contributed by atoms with Gasteiger partial charge < -0.3 is 13.7 Å². The molecule has 0 aliphatic carbocycles. The van der Waals surface area contributed by atoms with Crippen molar-refractivity contribution in [1.82, 2.24) is 19.7 Å². The number of aromatic nitrogens is 3. The monoisotopic (exact) mass is 452 g/mol. The summed E-state index contributed by atoms with van der Waals surface area (Å²) in [5.41, 5.74) is 1.29. The van der Waals surface area contributed by atoms with Crippen molar-refractivity contribution < 1.29 is 9.15 Å². The molecule has 0 spiro atoms. The quantitative estimate of drug-likeness (QED) is 0.454. The average molecular weight is 453 g/mol. The maximum atomic E-state index is 5.83. The first-order valence-electron chi connectivity index (χ1n) is 11.7. The van der Waals surface area contributed by atoms with Crippen LogP contribution >= 0.6 is 11.8 Å². The number of piperidine rings is 1. The molecule has 1 aromatic carbocycles. The zero-order valence-corrected chi connectivity index (χ0v) is 19.6. The molecule has 4 heterocycles. The number of rotatable bonds is 8. The molecular weight excluding hydrogens is 420 g/mol. The molecule has 7 heteroatoms. The third kappa shape index (κ3) is 5.27. The highest BCUT2D eigenvalue weighted by Gasteiger charge is 2.27. The molecule has 1 unspecified atom stereocenters. The van der Waals surface area contributed by atoms with Crippen LogP contribution in [-0.2, 0) is 17.8 Å². The van der Waals surface area contributed by atoms with Gasteiger partial charge in [0, 0.05) is 18.3 Å². The van der Waals surface area contributed by atoms with Crippen molar-refractivity contribution in [2.24, 2.45) is 0 Å². The Morgan fingerprint density at radius 2 is 1.84 bits per heavy atom. The van der Waals surface area contributed by atoms with Crippen LogP contribution in [0.1, 0.15) is 54.5 Å². The van der Waals surface area contributed by atoms with Crippen LogP contribution in [0.5, 0.6) is 0 Å². The van der Waals surface area contributed by atoms with Crippen LogP contribution in [0.3, 0.4) is 0 Å². The molecule has 6 nitrogen and oxygen atoms in total. The average Bonchev–Trinajstić information content (AvgIpc) is 3.56. The molecule has 0 N–H and O–H groups in total. The SMILES string of the molecule is Cc1ccc(CN2CCC(c3nnc(SCC4CCCO4)n3Cc3ccccc3)CC2)o1. The molecule has 3 aromatic rings. The van der Waals surface area contributed by atoms with E-state index in [1.54, 1.807) is 11.8 Å². The van der Waals surface area contributed by atoms with Crippen molar-refractivity contribution in [3.05, 3.63) is 65.4 Å². The molecule has 2 saturated heterocycles. The third-order valence-electron chi connectivity index (χ3n) is 6.48. The highest BCUT2D eigenvalue weighted by molar-refractivity contribution is 7.99. The standard InChI is InChI=1S/C25H32N4O2S/c1-19-9-10-22(31-19)17-28-13-11-21(12-14-28)24-26-27-25(32-18-23-8-5-15-30-23)29(24)16-20-6-3-2-4-7-20/h2-4,6-7,9-10,21,23H,5,8,11-18H2,1H3. The van der Waals surface area contributed by atoms with Crippen LogP contribution < -0.4 is 0 Å². The van der Waals surface area contributed by atoms with Crippen LogP contribution in [0.15, 0.2) is 52.0 Å². The van der Waals surface area contributed by atoms with Gasteiger partial charge in [-0.15, -0.1) is 10.2 Å². The lowest BCUT2D eigenvalue weighted by Crippen LogP contribution is -2.33. The number of hydrogen-bond acceptors (Lipinski definition) is 6. The second-order valence-corrected chi connectivity index (χ2v) is 9.91. The van der Waals surface area contributed by atoms with Gasteiger partial charge in [0.05, 0.1) is 19.2 Å². The predicted octanol–water partition coefficient (Wildman–Crippen LogP) is 4.88. The zero-order valence-electron chi connectivity index (χ0n) is 18.8. The lowest BCUT2D eigenvalue weighted by Gasteiger charge is -2.31. The largest absolute Gasteiger partial charge is 0.465 e. The van der Waals surface area contributed by atoms with E-state index in [1.807, 2.05) is 13.0 Å². The Kier molecular flexibility index (Phi) is 6.95. The summed E-state index contributed by atoms with van der Waals surface area (Å²) in [6.45, 7) is 6.72. The molecule has 0 amide bonds. The second kappa shape index (κ2) is 10.2. The highest BCUT2D eigenvalue weighted by Crippen LogP contribution is 2.31. The number of aryl methyl sites for hydroxylation is 1. The van der Waals surface area contributed by atoms with E-state index in [0.717, 1.165) is 80.3 Å². The summed E-state index contributed by atoms with van der Waals surface area (Å²) in [4.78, 5) is 2.49. The van der Waals surface area contributed by atoms with E-state index in [2.05, 4.69) is 51.0 Å². The van der Waals surface area contributed by atoms with Gasteiger partial charge in [-0.2, -0.15) is 0 Å². The fourth-order valence-corrected chi connectivity index (χ4v) is 5.72. The van der Waals surface area contributed by atoms with Gasteiger partial charge in [0.1, 0.15) is 17.3 Å². The van der Waals surface area contributed by atoms with Crippen LogP contribution in [-0.4, -0.2) is 51.2 Å². The number of furan rings is 1. The summed E-state index contributed by atoms with van der Waals surface area (Å²) < 4.78 is 14.0. The number of hydrogen-bond donors (Lipinski definition) is 0. The summed E-state index contributed by atoms with van der Waals surface area (Å²) in [6.07, 6.45) is 4.87. The molecule has 0 bridgehead atoms. The lowest BCUT2D eigenvalue weighted by molar-refractivity contribution is 0.129. The first-order chi connectivity index (χ1) is 15.7. The Morgan fingerprint density at radius 1 is 1.00 bits per heavy atom. The zero-order chi connectivity index (χ0) is 21.8. The first kappa shape index (κ1) is 21.7. The van der Waals surface area contributed by atoms with Crippen LogP contribution in [0.25, 0.3) is 0 Å². The minimum absolute atomic E-state index is 0.346. The lowest BCUT2D eigenvalue weighted by atomic mass is 9.95. The van der Waals surface area contributed by atoms with Gasteiger partial charge in [-0.25, -0.2) is 0 Å². The Bertz CT molecular complexity index is 989. The van der Waals surface area contributed by atoms with E-state index in [-0.39, 0.29) is 0 Å². The van der Waals surface area contributed by atoms with Crippen molar-refractivity contribution in [2.75, 3.05) is 25.4 Å². The normalized spacial score (nSPS) is 20.2. The Morgan fingerprint density at radius 3 is 2.56 bits per heavy atom. The minimum Gasteiger partial charge on any atom is -0.465 e.